The minimum atomic E-state index is -2.83. The van der Waals surface area contributed by atoms with Crippen molar-refractivity contribution in [2.45, 2.75) is 18.9 Å². The molecule has 0 aliphatic carbocycles. The van der Waals surface area contributed by atoms with Gasteiger partial charge < -0.3 is 15.2 Å². The van der Waals surface area contributed by atoms with E-state index in [9.17, 15) is 13.2 Å². The largest absolute Gasteiger partial charge is 0.492 e. The van der Waals surface area contributed by atoms with Gasteiger partial charge in [0.1, 0.15) is 22.2 Å². The standard InChI is InChI=1S/C14H19NO5S/c16-14(17)11-2-1-3-13(10-11)20-7-6-15-12-4-8-21(18,19)9-5-12/h1-3,10,12,15H,4-9H2,(H,16,17). The van der Waals surface area contributed by atoms with Crippen LogP contribution in [-0.2, 0) is 9.84 Å². The molecule has 2 rings (SSSR count). The summed E-state index contributed by atoms with van der Waals surface area (Å²) in [6.45, 7) is 1.01. The number of carboxylic acid groups (broad SMARTS) is 1. The minimum absolute atomic E-state index is 0.193. The van der Waals surface area contributed by atoms with Crippen LogP contribution in [0, 0.1) is 0 Å². The molecule has 0 aromatic heterocycles. The lowest BCUT2D eigenvalue weighted by Gasteiger charge is -2.23. The third kappa shape index (κ3) is 5.02. The minimum Gasteiger partial charge on any atom is -0.492 e. The fourth-order valence-electron chi connectivity index (χ4n) is 2.25. The molecule has 116 valence electrons. The number of aromatic carboxylic acids is 1. The molecule has 2 N–H and O–H groups in total. The molecule has 21 heavy (non-hydrogen) atoms. The molecule has 1 fully saturated rings. The fraction of sp³-hybridized carbons (Fsp3) is 0.500. The average Bonchev–Trinajstić information content (AvgIpc) is 2.45. The Morgan fingerprint density at radius 1 is 1.33 bits per heavy atom. The van der Waals surface area contributed by atoms with Gasteiger partial charge in [-0.15, -0.1) is 0 Å². The zero-order chi connectivity index (χ0) is 15.3. The lowest BCUT2D eigenvalue weighted by Crippen LogP contribution is -2.39. The van der Waals surface area contributed by atoms with Gasteiger partial charge in [-0.2, -0.15) is 0 Å². The lowest BCUT2D eigenvalue weighted by atomic mass is 10.1. The van der Waals surface area contributed by atoms with Crippen LogP contribution in [0.3, 0.4) is 0 Å². The summed E-state index contributed by atoms with van der Waals surface area (Å²) >= 11 is 0. The number of hydrogen-bond donors (Lipinski definition) is 2. The second-order valence-corrected chi connectivity index (χ2v) is 7.37. The van der Waals surface area contributed by atoms with Crippen molar-refractivity contribution in [3.63, 3.8) is 0 Å². The Kier molecular flexibility index (Phi) is 5.19. The zero-order valence-electron chi connectivity index (χ0n) is 11.6. The monoisotopic (exact) mass is 313 g/mol. The molecule has 1 aliphatic rings. The van der Waals surface area contributed by atoms with Gasteiger partial charge in [0.05, 0.1) is 17.1 Å². The van der Waals surface area contributed by atoms with E-state index in [1.54, 1.807) is 12.1 Å². The number of sulfone groups is 1. The fourth-order valence-corrected chi connectivity index (χ4v) is 3.74. The van der Waals surface area contributed by atoms with E-state index in [0.717, 1.165) is 0 Å². The average molecular weight is 313 g/mol. The highest BCUT2D eigenvalue weighted by Gasteiger charge is 2.22. The Hall–Kier alpha value is -1.60. The summed E-state index contributed by atoms with van der Waals surface area (Å²) in [7, 11) is -2.83. The summed E-state index contributed by atoms with van der Waals surface area (Å²) in [5, 5.41) is 12.1. The van der Waals surface area contributed by atoms with E-state index in [2.05, 4.69) is 5.32 Å². The van der Waals surface area contributed by atoms with Crippen LogP contribution >= 0.6 is 0 Å². The van der Waals surface area contributed by atoms with Gasteiger partial charge in [0.2, 0.25) is 0 Å². The Bertz CT molecular complexity index is 585. The molecule has 1 aromatic rings. The Labute approximate surface area is 124 Å². The number of ether oxygens (including phenoxy) is 1. The molecule has 1 aliphatic heterocycles. The van der Waals surface area contributed by atoms with Crippen LogP contribution in [0.1, 0.15) is 23.2 Å². The van der Waals surface area contributed by atoms with E-state index in [0.29, 0.717) is 31.7 Å². The van der Waals surface area contributed by atoms with Crippen LogP contribution in [0.4, 0.5) is 0 Å². The van der Waals surface area contributed by atoms with Crippen LogP contribution < -0.4 is 10.1 Å². The Morgan fingerprint density at radius 2 is 2.05 bits per heavy atom. The molecule has 0 amide bonds. The van der Waals surface area contributed by atoms with Gasteiger partial charge in [0, 0.05) is 12.6 Å². The van der Waals surface area contributed by atoms with Crippen molar-refractivity contribution < 1.29 is 23.1 Å². The quantitative estimate of drug-likeness (QED) is 0.759. The van der Waals surface area contributed by atoms with Crippen molar-refractivity contribution in [3.8, 4) is 5.75 Å². The predicted molar refractivity (Wildman–Crippen MR) is 78.6 cm³/mol. The number of hydrogen-bond acceptors (Lipinski definition) is 5. The Balaban J connectivity index is 1.70. The third-order valence-corrected chi connectivity index (χ3v) is 5.15. The molecule has 0 bridgehead atoms. The second-order valence-electron chi connectivity index (χ2n) is 5.06. The van der Waals surface area contributed by atoms with E-state index in [4.69, 9.17) is 9.84 Å². The van der Waals surface area contributed by atoms with Gasteiger partial charge in [0.25, 0.3) is 0 Å². The molecule has 0 saturated carbocycles. The molecule has 0 radical (unpaired) electrons. The van der Waals surface area contributed by atoms with Crippen molar-refractivity contribution in [1.82, 2.24) is 5.32 Å². The maximum Gasteiger partial charge on any atom is 0.335 e. The first-order valence-electron chi connectivity index (χ1n) is 6.86. The summed E-state index contributed by atoms with van der Waals surface area (Å²) < 4.78 is 28.1. The van der Waals surface area contributed by atoms with Gasteiger partial charge in [-0.05, 0) is 31.0 Å². The molecule has 7 heteroatoms. The van der Waals surface area contributed by atoms with Crippen molar-refractivity contribution in [2.24, 2.45) is 0 Å². The van der Waals surface area contributed by atoms with Gasteiger partial charge >= 0.3 is 5.97 Å². The molecular weight excluding hydrogens is 294 g/mol. The van der Waals surface area contributed by atoms with Crippen LogP contribution in [-0.4, -0.2) is 50.2 Å². The van der Waals surface area contributed by atoms with E-state index >= 15 is 0 Å². The number of carboxylic acids is 1. The maximum atomic E-state index is 11.3. The number of carbonyl (C=O) groups is 1. The van der Waals surface area contributed by atoms with Crippen LogP contribution in [0.5, 0.6) is 5.75 Å². The molecule has 1 saturated heterocycles. The third-order valence-electron chi connectivity index (χ3n) is 3.44. The molecule has 1 aromatic carbocycles. The van der Waals surface area contributed by atoms with Gasteiger partial charge in [-0.1, -0.05) is 6.07 Å². The molecule has 6 nitrogen and oxygen atoms in total. The number of benzene rings is 1. The van der Waals surface area contributed by atoms with E-state index in [1.807, 2.05) is 0 Å². The predicted octanol–water partition coefficient (Wildman–Crippen LogP) is 0.930. The summed E-state index contributed by atoms with van der Waals surface area (Å²) in [5.74, 6) is 0.0168. The topological polar surface area (TPSA) is 92.7 Å². The number of nitrogens with one attached hydrogen (secondary N) is 1. The zero-order valence-corrected chi connectivity index (χ0v) is 12.4. The SMILES string of the molecule is O=C(O)c1cccc(OCCNC2CCS(=O)(=O)CC2)c1. The van der Waals surface area contributed by atoms with Crippen LogP contribution in [0.2, 0.25) is 0 Å². The highest BCUT2D eigenvalue weighted by molar-refractivity contribution is 7.91. The van der Waals surface area contributed by atoms with Crippen LogP contribution in [0.25, 0.3) is 0 Å². The summed E-state index contributed by atoms with van der Waals surface area (Å²) in [5.41, 5.74) is 0.193. The number of rotatable bonds is 6. The summed E-state index contributed by atoms with van der Waals surface area (Å²) in [4.78, 5) is 10.8. The summed E-state index contributed by atoms with van der Waals surface area (Å²) in [6.07, 6.45) is 1.27. The summed E-state index contributed by atoms with van der Waals surface area (Å²) in [6, 6.07) is 6.55. The van der Waals surface area contributed by atoms with Gasteiger partial charge in [0.15, 0.2) is 0 Å². The first-order chi connectivity index (χ1) is 9.96. The highest BCUT2D eigenvalue weighted by Crippen LogP contribution is 2.14. The molecule has 1 heterocycles. The Morgan fingerprint density at radius 3 is 2.71 bits per heavy atom. The molecule has 0 unspecified atom stereocenters. The van der Waals surface area contributed by atoms with Gasteiger partial charge in [-0.25, -0.2) is 13.2 Å². The lowest BCUT2D eigenvalue weighted by molar-refractivity contribution is 0.0696. The van der Waals surface area contributed by atoms with Crippen LogP contribution in [0.15, 0.2) is 24.3 Å². The van der Waals surface area contributed by atoms with Crippen molar-refractivity contribution in [3.05, 3.63) is 29.8 Å². The van der Waals surface area contributed by atoms with E-state index < -0.39 is 15.8 Å². The second kappa shape index (κ2) is 6.91. The smallest absolute Gasteiger partial charge is 0.335 e. The first-order valence-corrected chi connectivity index (χ1v) is 8.68. The molecular formula is C14H19NO5S. The van der Waals surface area contributed by atoms with Crippen molar-refractivity contribution in [2.75, 3.05) is 24.7 Å². The molecule has 0 atom stereocenters. The van der Waals surface area contributed by atoms with Crippen molar-refractivity contribution >= 4 is 15.8 Å². The van der Waals surface area contributed by atoms with Crippen molar-refractivity contribution in [1.29, 1.82) is 0 Å². The highest BCUT2D eigenvalue weighted by atomic mass is 32.2. The normalized spacial score (nSPS) is 18.3. The van der Waals surface area contributed by atoms with E-state index in [-0.39, 0.29) is 23.1 Å². The maximum absolute atomic E-state index is 11.3. The van der Waals surface area contributed by atoms with E-state index in [1.165, 1.54) is 12.1 Å². The first kappa shape index (κ1) is 15.8. The molecule has 0 spiro atoms. The van der Waals surface area contributed by atoms with Gasteiger partial charge in [-0.3, -0.25) is 0 Å².